The van der Waals surface area contributed by atoms with Gasteiger partial charge in [0.2, 0.25) is 10.0 Å². The van der Waals surface area contributed by atoms with Crippen molar-refractivity contribution in [2.24, 2.45) is 0 Å². The third-order valence-corrected chi connectivity index (χ3v) is 5.38. The van der Waals surface area contributed by atoms with E-state index in [0.717, 1.165) is 23.1 Å². The predicted octanol–water partition coefficient (Wildman–Crippen LogP) is 2.62. The smallest absolute Gasteiger partial charge is 0.335 e. The van der Waals surface area contributed by atoms with E-state index in [4.69, 9.17) is 5.11 Å². The van der Waals surface area contributed by atoms with Crippen molar-refractivity contribution in [3.63, 3.8) is 0 Å². The molecule has 2 N–H and O–H groups in total. The summed E-state index contributed by atoms with van der Waals surface area (Å²) >= 11 is 1.36. The molecule has 0 amide bonds. The number of carbonyl (C=O) groups is 1. The van der Waals surface area contributed by atoms with Crippen LogP contribution in [-0.4, -0.2) is 19.5 Å². The van der Waals surface area contributed by atoms with E-state index in [1.807, 2.05) is 0 Å². The third kappa shape index (κ3) is 3.46. The molecule has 0 aliphatic heterocycles. The van der Waals surface area contributed by atoms with Crippen LogP contribution in [0, 0.1) is 5.82 Å². The average molecular weight is 329 g/mol. The van der Waals surface area contributed by atoms with E-state index in [2.05, 4.69) is 4.72 Å². The maximum absolute atomic E-state index is 13.7. The van der Waals surface area contributed by atoms with Gasteiger partial charge < -0.3 is 5.11 Å². The van der Waals surface area contributed by atoms with Gasteiger partial charge in [-0.3, -0.25) is 0 Å². The largest absolute Gasteiger partial charge is 0.478 e. The fraction of sp³-hybridized carbons (Fsp3) is 0.154. The number of sulfonamides is 1. The predicted molar refractivity (Wildman–Crippen MR) is 76.4 cm³/mol. The molecule has 21 heavy (non-hydrogen) atoms. The summed E-state index contributed by atoms with van der Waals surface area (Å²) in [6.07, 6.45) is 0. The van der Waals surface area contributed by atoms with Crippen molar-refractivity contribution in [1.29, 1.82) is 0 Å². The van der Waals surface area contributed by atoms with Gasteiger partial charge >= 0.3 is 5.97 Å². The van der Waals surface area contributed by atoms with E-state index < -0.39 is 32.7 Å². The molecule has 0 saturated heterocycles. The summed E-state index contributed by atoms with van der Waals surface area (Å²) < 4.78 is 40.4. The Hall–Kier alpha value is -1.77. The van der Waals surface area contributed by atoms with Crippen LogP contribution in [-0.2, 0) is 10.0 Å². The molecule has 0 fully saturated rings. The van der Waals surface area contributed by atoms with Gasteiger partial charge in [-0.05, 0) is 36.6 Å². The van der Waals surface area contributed by atoms with E-state index in [0.29, 0.717) is 0 Å². The van der Waals surface area contributed by atoms with Crippen LogP contribution in [0.4, 0.5) is 4.39 Å². The molecule has 0 unspecified atom stereocenters. The van der Waals surface area contributed by atoms with Crippen molar-refractivity contribution in [3.8, 4) is 0 Å². The van der Waals surface area contributed by atoms with Gasteiger partial charge in [-0.2, -0.15) is 0 Å². The lowest BCUT2D eigenvalue weighted by atomic mass is 10.2. The fourth-order valence-corrected chi connectivity index (χ4v) is 3.87. The summed E-state index contributed by atoms with van der Waals surface area (Å²) in [4.78, 5) is 11.0. The van der Waals surface area contributed by atoms with Crippen molar-refractivity contribution in [3.05, 3.63) is 52.0 Å². The molecule has 0 saturated carbocycles. The van der Waals surface area contributed by atoms with Crippen molar-refractivity contribution in [2.45, 2.75) is 17.9 Å². The molecule has 0 bridgehead atoms. The Morgan fingerprint density at radius 1 is 1.38 bits per heavy atom. The van der Waals surface area contributed by atoms with Gasteiger partial charge in [-0.15, -0.1) is 11.3 Å². The first-order valence-electron chi connectivity index (χ1n) is 5.90. The third-order valence-electron chi connectivity index (χ3n) is 2.77. The summed E-state index contributed by atoms with van der Waals surface area (Å²) in [5.74, 6) is -2.32. The van der Waals surface area contributed by atoms with Crippen LogP contribution in [0.15, 0.2) is 40.6 Å². The van der Waals surface area contributed by atoms with Crippen molar-refractivity contribution in [2.75, 3.05) is 0 Å². The lowest BCUT2D eigenvalue weighted by Crippen LogP contribution is -2.27. The Morgan fingerprint density at radius 2 is 2.10 bits per heavy atom. The second-order valence-electron chi connectivity index (χ2n) is 4.31. The molecule has 0 radical (unpaired) electrons. The molecule has 0 spiro atoms. The molecule has 1 aromatic heterocycles. The van der Waals surface area contributed by atoms with Crippen LogP contribution < -0.4 is 4.72 Å². The maximum atomic E-state index is 13.7. The Labute approximate surface area is 125 Å². The van der Waals surface area contributed by atoms with Crippen LogP contribution in [0.3, 0.4) is 0 Å². The van der Waals surface area contributed by atoms with Crippen LogP contribution in [0.25, 0.3) is 0 Å². The Kier molecular flexibility index (Phi) is 4.40. The lowest BCUT2D eigenvalue weighted by Gasteiger charge is -2.13. The first-order valence-corrected chi connectivity index (χ1v) is 8.26. The van der Waals surface area contributed by atoms with Gasteiger partial charge in [-0.25, -0.2) is 22.3 Å². The number of hydrogen-bond donors (Lipinski definition) is 2. The van der Waals surface area contributed by atoms with E-state index in [9.17, 15) is 17.6 Å². The number of rotatable bonds is 5. The molecule has 2 aromatic rings. The van der Waals surface area contributed by atoms with E-state index in [-0.39, 0.29) is 5.56 Å². The lowest BCUT2D eigenvalue weighted by molar-refractivity contribution is 0.0696. The highest BCUT2D eigenvalue weighted by Crippen LogP contribution is 2.23. The first-order chi connectivity index (χ1) is 9.81. The van der Waals surface area contributed by atoms with Crippen molar-refractivity contribution < 1.29 is 22.7 Å². The first kappa shape index (κ1) is 15.6. The number of benzene rings is 1. The molecule has 0 aliphatic rings. The van der Waals surface area contributed by atoms with Crippen LogP contribution in [0.5, 0.6) is 0 Å². The van der Waals surface area contributed by atoms with Gasteiger partial charge in [-0.1, -0.05) is 6.07 Å². The summed E-state index contributed by atoms with van der Waals surface area (Å²) in [7, 11) is -4.15. The SMILES string of the molecule is C[C@@H](NS(=O)(=O)c1cc(C(=O)O)ccc1F)c1cccs1. The minimum Gasteiger partial charge on any atom is -0.478 e. The van der Waals surface area contributed by atoms with Crippen LogP contribution >= 0.6 is 11.3 Å². The maximum Gasteiger partial charge on any atom is 0.335 e. The molecule has 5 nitrogen and oxygen atoms in total. The number of nitrogens with one attached hydrogen (secondary N) is 1. The Balaban J connectivity index is 2.35. The fourth-order valence-electron chi connectivity index (χ4n) is 1.73. The second-order valence-corrected chi connectivity index (χ2v) is 6.97. The van der Waals surface area contributed by atoms with Gasteiger partial charge in [0.15, 0.2) is 0 Å². The molecule has 1 atom stereocenters. The van der Waals surface area contributed by atoms with Gasteiger partial charge in [0, 0.05) is 4.88 Å². The summed E-state index contributed by atoms with van der Waals surface area (Å²) in [6, 6.07) is 5.63. The van der Waals surface area contributed by atoms with Gasteiger partial charge in [0.1, 0.15) is 10.7 Å². The highest BCUT2D eigenvalue weighted by atomic mass is 32.2. The number of hydrogen-bond acceptors (Lipinski definition) is 4. The minimum atomic E-state index is -4.15. The minimum absolute atomic E-state index is 0.291. The molecule has 1 aromatic carbocycles. The zero-order valence-corrected chi connectivity index (χ0v) is 12.5. The van der Waals surface area contributed by atoms with Crippen molar-refractivity contribution in [1.82, 2.24) is 4.72 Å². The topological polar surface area (TPSA) is 83.5 Å². The summed E-state index contributed by atoms with van der Waals surface area (Å²) in [6.45, 7) is 1.63. The second kappa shape index (κ2) is 5.92. The number of carboxylic acids is 1. The summed E-state index contributed by atoms with van der Waals surface area (Å²) in [5.41, 5.74) is -0.291. The highest BCUT2D eigenvalue weighted by molar-refractivity contribution is 7.89. The zero-order chi connectivity index (χ0) is 15.6. The highest BCUT2D eigenvalue weighted by Gasteiger charge is 2.23. The molecular formula is C13H12FNO4S2. The number of thiophene rings is 1. The Morgan fingerprint density at radius 3 is 2.67 bits per heavy atom. The number of aromatic carboxylic acids is 1. The summed E-state index contributed by atoms with van der Waals surface area (Å²) in [5, 5.41) is 10.7. The quantitative estimate of drug-likeness (QED) is 0.883. The number of halogens is 1. The molecule has 8 heteroatoms. The zero-order valence-electron chi connectivity index (χ0n) is 10.9. The molecular weight excluding hydrogens is 317 g/mol. The van der Waals surface area contributed by atoms with E-state index in [1.165, 1.54) is 11.3 Å². The van der Waals surface area contributed by atoms with E-state index >= 15 is 0 Å². The molecule has 1 heterocycles. The van der Waals surface area contributed by atoms with E-state index in [1.54, 1.807) is 24.4 Å². The van der Waals surface area contributed by atoms with Crippen molar-refractivity contribution >= 4 is 27.3 Å². The van der Waals surface area contributed by atoms with Gasteiger partial charge in [0.25, 0.3) is 0 Å². The normalized spacial score (nSPS) is 13.0. The number of carboxylic acid groups (broad SMARTS) is 1. The molecule has 2 rings (SSSR count). The molecule has 0 aliphatic carbocycles. The standard InChI is InChI=1S/C13H12FNO4S2/c1-8(11-3-2-6-20-11)15-21(18,19)12-7-9(13(16)17)4-5-10(12)14/h2-8,15H,1H3,(H,16,17)/t8-/m1/s1. The van der Waals surface area contributed by atoms with Gasteiger partial charge in [0.05, 0.1) is 11.6 Å². The monoisotopic (exact) mass is 329 g/mol. The average Bonchev–Trinajstić information content (AvgIpc) is 2.92. The van der Waals surface area contributed by atoms with Crippen LogP contribution in [0.2, 0.25) is 0 Å². The van der Waals surface area contributed by atoms with Crippen LogP contribution in [0.1, 0.15) is 28.2 Å². The Bertz CT molecular complexity index is 756. The molecule has 112 valence electrons.